The number of nitrogens with one attached hydrogen (secondary N) is 1. The van der Waals surface area contributed by atoms with Crippen LogP contribution in [0.2, 0.25) is 5.02 Å². The predicted molar refractivity (Wildman–Crippen MR) is 122 cm³/mol. The molecule has 31 heavy (non-hydrogen) atoms. The number of halogens is 1. The number of sulfonamides is 1. The second-order valence-electron chi connectivity index (χ2n) is 8.51. The third-order valence-electron chi connectivity index (χ3n) is 4.77. The summed E-state index contributed by atoms with van der Waals surface area (Å²) in [6.45, 7) is 9.83. The third-order valence-corrected chi connectivity index (χ3v) is 6.85. The van der Waals surface area contributed by atoms with Crippen LogP contribution in [0.5, 0.6) is 0 Å². The molecular formula is C23H25ClN4O2S. The number of nitrogens with zero attached hydrogens (tertiary/aromatic N) is 3. The molecule has 1 N–H and O–H groups in total. The van der Waals surface area contributed by atoms with Crippen molar-refractivity contribution in [3.63, 3.8) is 0 Å². The van der Waals surface area contributed by atoms with E-state index in [1.54, 1.807) is 57.2 Å². The molecule has 0 radical (unpaired) electrons. The SMILES string of the molecule is Cc1nn(Cc2ccc(S(=O)(=O)NC(C)(C)C)cc2)c(C)c1-c1ccc(C#N)c(Cl)c1. The minimum absolute atomic E-state index is 0.229. The van der Waals surface area contributed by atoms with E-state index in [1.807, 2.05) is 24.6 Å². The van der Waals surface area contributed by atoms with Gasteiger partial charge in [0.1, 0.15) is 6.07 Å². The number of benzene rings is 2. The molecule has 0 unspecified atom stereocenters. The summed E-state index contributed by atoms with van der Waals surface area (Å²) < 4.78 is 29.5. The van der Waals surface area contributed by atoms with Gasteiger partial charge in [0.25, 0.3) is 0 Å². The van der Waals surface area contributed by atoms with Crippen molar-refractivity contribution in [1.29, 1.82) is 5.26 Å². The summed E-state index contributed by atoms with van der Waals surface area (Å²) in [6.07, 6.45) is 0. The first-order valence-electron chi connectivity index (χ1n) is 9.78. The molecule has 0 saturated carbocycles. The van der Waals surface area contributed by atoms with E-state index in [-0.39, 0.29) is 4.90 Å². The first-order chi connectivity index (χ1) is 14.4. The first kappa shape index (κ1) is 23.0. The van der Waals surface area contributed by atoms with Crippen molar-refractivity contribution in [2.24, 2.45) is 0 Å². The molecule has 0 aliphatic rings. The molecule has 3 aromatic rings. The van der Waals surface area contributed by atoms with Gasteiger partial charge in [0.15, 0.2) is 0 Å². The average molecular weight is 457 g/mol. The predicted octanol–water partition coefficient (Wildman–Crippen LogP) is 4.82. The summed E-state index contributed by atoms with van der Waals surface area (Å²) in [7, 11) is -3.57. The molecule has 1 heterocycles. The minimum atomic E-state index is -3.57. The Morgan fingerprint density at radius 3 is 2.32 bits per heavy atom. The quantitative estimate of drug-likeness (QED) is 0.596. The highest BCUT2D eigenvalue weighted by Crippen LogP contribution is 2.30. The number of aryl methyl sites for hydroxylation is 1. The van der Waals surface area contributed by atoms with Gasteiger partial charge in [0.05, 0.1) is 27.7 Å². The van der Waals surface area contributed by atoms with Crippen LogP contribution in [0.15, 0.2) is 47.4 Å². The summed E-state index contributed by atoms with van der Waals surface area (Å²) >= 11 is 6.21. The van der Waals surface area contributed by atoms with Crippen LogP contribution < -0.4 is 4.72 Å². The van der Waals surface area contributed by atoms with Crippen molar-refractivity contribution >= 4 is 21.6 Å². The van der Waals surface area contributed by atoms with Crippen LogP contribution in [0, 0.1) is 25.2 Å². The van der Waals surface area contributed by atoms with E-state index in [9.17, 15) is 8.42 Å². The first-order valence-corrected chi connectivity index (χ1v) is 11.6. The van der Waals surface area contributed by atoms with Gasteiger partial charge in [-0.05, 0) is 70.0 Å². The highest BCUT2D eigenvalue weighted by atomic mass is 35.5. The number of hydrogen-bond donors (Lipinski definition) is 1. The van der Waals surface area contributed by atoms with E-state index < -0.39 is 15.6 Å². The molecule has 162 valence electrons. The Hall–Kier alpha value is -2.66. The van der Waals surface area contributed by atoms with Crippen LogP contribution in [0.25, 0.3) is 11.1 Å². The van der Waals surface area contributed by atoms with Gasteiger partial charge in [0, 0.05) is 16.8 Å². The standard InChI is InChI=1S/C23H25ClN4O2S/c1-15-22(18-8-9-19(13-25)21(24)12-18)16(2)28(26-15)14-17-6-10-20(11-7-17)31(29,30)27-23(3,4)5/h6-12,27H,14H2,1-5H3. The van der Waals surface area contributed by atoms with Crippen LogP contribution in [-0.4, -0.2) is 23.7 Å². The normalized spacial score (nSPS) is 12.0. The van der Waals surface area contributed by atoms with Gasteiger partial charge in [-0.25, -0.2) is 13.1 Å². The minimum Gasteiger partial charge on any atom is -0.265 e. The van der Waals surface area contributed by atoms with Crippen molar-refractivity contribution in [2.45, 2.75) is 51.6 Å². The van der Waals surface area contributed by atoms with E-state index in [0.717, 1.165) is 28.1 Å². The molecule has 0 saturated heterocycles. The zero-order valence-electron chi connectivity index (χ0n) is 18.2. The maximum atomic E-state index is 12.5. The maximum Gasteiger partial charge on any atom is 0.241 e. The summed E-state index contributed by atoms with van der Waals surface area (Å²) in [4.78, 5) is 0.229. The fraction of sp³-hybridized carbons (Fsp3) is 0.304. The molecule has 0 aliphatic heterocycles. The molecule has 0 atom stereocenters. The smallest absolute Gasteiger partial charge is 0.241 e. The van der Waals surface area contributed by atoms with Crippen molar-refractivity contribution < 1.29 is 8.42 Å². The lowest BCUT2D eigenvalue weighted by Gasteiger charge is -2.20. The van der Waals surface area contributed by atoms with Gasteiger partial charge < -0.3 is 0 Å². The summed E-state index contributed by atoms with van der Waals surface area (Å²) in [5, 5.41) is 14.2. The lowest BCUT2D eigenvalue weighted by Crippen LogP contribution is -2.40. The molecule has 6 nitrogen and oxygen atoms in total. The van der Waals surface area contributed by atoms with Crippen LogP contribution in [0.3, 0.4) is 0 Å². The lowest BCUT2D eigenvalue weighted by molar-refractivity contribution is 0.491. The molecule has 0 fully saturated rings. The van der Waals surface area contributed by atoms with Crippen LogP contribution in [-0.2, 0) is 16.6 Å². The van der Waals surface area contributed by atoms with E-state index in [4.69, 9.17) is 16.9 Å². The molecule has 0 amide bonds. The van der Waals surface area contributed by atoms with Crippen molar-refractivity contribution in [2.75, 3.05) is 0 Å². The average Bonchev–Trinajstić information content (AvgIpc) is 2.93. The zero-order valence-corrected chi connectivity index (χ0v) is 19.8. The highest BCUT2D eigenvalue weighted by molar-refractivity contribution is 7.89. The van der Waals surface area contributed by atoms with Crippen LogP contribution in [0.4, 0.5) is 0 Å². The second-order valence-corrected chi connectivity index (χ2v) is 10.6. The van der Waals surface area contributed by atoms with E-state index in [0.29, 0.717) is 17.1 Å². The molecule has 0 spiro atoms. The zero-order chi connectivity index (χ0) is 23.0. The Morgan fingerprint density at radius 1 is 1.13 bits per heavy atom. The monoisotopic (exact) mass is 456 g/mol. The Morgan fingerprint density at radius 2 is 1.77 bits per heavy atom. The summed E-state index contributed by atoms with van der Waals surface area (Å²) in [5.41, 5.74) is 4.51. The van der Waals surface area contributed by atoms with Crippen molar-refractivity contribution in [3.8, 4) is 17.2 Å². The second kappa shape index (κ2) is 8.46. The maximum absolute atomic E-state index is 12.5. The largest absolute Gasteiger partial charge is 0.265 e. The van der Waals surface area contributed by atoms with Gasteiger partial charge in [-0.2, -0.15) is 10.4 Å². The molecule has 8 heteroatoms. The van der Waals surface area contributed by atoms with Crippen LogP contribution in [0.1, 0.15) is 43.3 Å². The van der Waals surface area contributed by atoms with Crippen molar-refractivity contribution in [3.05, 3.63) is 70.0 Å². The van der Waals surface area contributed by atoms with E-state index in [1.165, 1.54) is 0 Å². The Labute approximate surface area is 188 Å². The molecule has 0 aliphatic carbocycles. The summed E-state index contributed by atoms with van der Waals surface area (Å²) in [5.74, 6) is 0. The molecule has 1 aromatic heterocycles. The Kier molecular flexibility index (Phi) is 6.28. The molecule has 2 aromatic carbocycles. The highest BCUT2D eigenvalue weighted by Gasteiger charge is 2.22. The van der Waals surface area contributed by atoms with Gasteiger partial charge in [-0.15, -0.1) is 0 Å². The van der Waals surface area contributed by atoms with Crippen LogP contribution >= 0.6 is 11.6 Å². The Bertz CT molecular complexity index is 1260. The summed E-state index contributed by atoms with van der Waals surface area (Å²) in [6, 6.07) is 14.2. The van der Waals surface area contributed by atoms with E-state index >= 15 is 0 Å². The Balaban J connectivity index is 1.87. The fourth-order valence-corrected chi connectivity index (χ4v) is 5.08. The lowest BCUT2D eigenvalue weighted by atomic mass is 10.0. The van der Waals surface area contributed by atoms with Gasteiger partial charge in [-0.3, -0.25) is 4.68 Å². The van der Waals surface area contributed by atoms with Crippen molar-refractivity contribution in [1.82, 2.24) is 14.5 Å². The molecule has 3 rings (SSSR count). The van der Waals surface area contributed by atoms with Gasteiger partial charge in [-0.1, -0.05) is 29.8 Å². The number of aromatic nitrogens is 2. The molecule has 0 bridgehead atoms. The molecular weight excluding hydrogens is 432 g/mol. The van der Waals surface area contributed by atoms with Gasteiger partial charge in [0.2, 0.25) is 10.0 Å². The number of rotatable bonds is 5. The topological polar surface area (TPSA) is 87.8 Å². The fourth-order valence-electron chi connectivity index (χ4n) is 3.44. The third kappa shape index (κ3) is 5.16. The number of hydrogen-bond acceptors (Lipinski definition) is 4. The van der Waals surface area contributed by atoms with E-state index in [2.05, 4.69) is 15.9 Å². The van der Waals surface area contributed by atoms with Gasteiger partial charge >= 0.3 is 0 Å². The number of nitriles is 1.